The first kappa shape index (κ1) is 14.2. The van der Waals surface area contributed by atoms with Crippen LogP contribution in [0.5, 0.6) is 0 Å². The lowest BCUT2D eigenvalue weighted by Crippen LogP contribution is -2.33. The Morgan fingerprint density at radius 2 is 2.00 bits per heavy atom. The highest BCUT2D eigenvalue weighted by atomic mass is 19.1. The van der Waals surface area contributed by atoms with Gasteiger partial charge < -0.3 is 5.32 Å². The minimum atomic E-state index is -0.105. The van der Waals surface area contributed by atoms with E-state index in [1.165, 1.54) is 0 Å². The fourth-order valence-corrected chi connectivity index (χ4v) is 2.32. The second-order valence-electron chi connectivity index (χ2n) is 5.51. The number of hydrogen-bond acceptors (Lipinski definition) is 1. The summed E-state index contributed by atoms with van der Waals surface area (Å²) in [5, 5.41) is 3.40. The van der Waals surface area contributed by atoms with Crippen LogP contribution in [0.3, 0.4) is 0 Å². The average molecular weight is 237 g/mol. The summed E-state index contributed by atoms with van der Waals surface area (Å²) in [7, 11) is 0. The van der Waals surface area contributed by atoms with Gasteiger partial charge in [0.15, 0.2) is 0 Å². The van der Waals surface area contributed by atoms with Crippen LogP contribution in [-0.2, 0) is 5.41 Å². The third-order valence-electron chi connectivity index (χ3n) is 3.32. The summed E-state index contributed by atoms with van der Waals surface area (Å²) < 4.78 is 13.6. The number of hydrogen-bond donors (Lipinski definition) is 1. The van der Waals surface area contributed by atoms with Crippen LogP contribution >= 0.6 is 0 Å². The molecule has 1 nitrogen and oxygen atoms in total. The van der Waals surface area contributed by atoms with Crippen molar-refractivity contribution < 1.29 is 4.39 Å². The van der Waals surface area contributed by atoms with Gasteiger partial charge in [-0.05, 0) is 49.4 Å². The van der Waals surface area contributed by atoms with Gasteiger partial charge in [-0.3, -0.25) is 0 Å². The van der Waals surface area contributed by atoms with Crippen LogP contribution in [-0.4, -0.2) is 12.6 Å². The van der Waals surface area contributed by atoms with E-state index in [-0.39, 0.29) is 11.2 Å². The first-order chi connectivity index (χ1) is 7.86. The molecule has 0 spiro atoms. The molecule has 0 saturated heterocycles. The molecule has 0 aliphatic heterocycles. The second-order valence-corrected chi connectivity index (χ2v) is 5.51. The summed E-state index contributed by atoms with van der Waals surface area (Å²) in [6.45, 7) is 11.4. The zero-order valence-electron chi connectivity index (χ0n) is 11.6. The lowest BCUT2D eigenvalue weighted by Gasteiger charge is -2.29. The first-order valence-corrected chi connectivity index (χ1v) is 6.37. The van der Waals surface area contributed by atoms with Crippen LogP contribution in [0.1, 0.15) is 45.2 Å². The fraction of sp³-hybridized carbons (Fsp3) is 0.600. The Kier molecular flexibility index (Phi) is 4.70. The maximum absolute atomic E-state index is 13.6. The summed E-state index contributed by atoms with van der Waals surface area (Å²) in [6, 6.07) is 6.02. The third-order valence-corrected chi connectivity index (χ3v) is 3.32. The molecule has 1 unspecified atom stereocenters. The highest BCUT2D eigenvalue weighted by Crippen LogP contribution is 2.29. The van der Waals surface area contributed by atoms with E-state index in [1.807, 2.05) is 12.1 Å². The van der Waals surface area contributed by atoms with Crippen molar-refractivity contribution >= 4 is 0 Å². The van der Waals surface area contributed by atoms with E-state index in [2.05, 4.69) is 33.0 Å². The van der Waals surface area contributed by atoms with Gasteiger partial charge in [0.05, 0.1) is 0 Å². The maximum Gasteiger partial charge on any atom is 0.126 e. The Hall–Kier alpha value is -0.890. The zero-order chi connectivity index (χ0) is 13.1. The van der Waals surface area contributed by atoms with Gasteiger partial charge in [-0.25, -0.2) is 4.39 Å². The average Bonchev–Trinajstić information content (AvgIpc) is 2.21. The summed E-state index contributed by atoms with van der Waals surface area (Å²) in [5.74, 6) is -0.105. The minimum absolute atomic E-state index is 0.00384. The van der Waals surface area contributed by atoms with E-state index < -0.39 is 0 Å². The molecule has 0 heterocycles. The molecule has 1 rings (SSSR count). The molecule has 0 bridgehead atoms. The van der Waals surface area contributed by atoms with Crippen LogP contribution < -0.4 is 5.32 Å². The number of aryl methyl sites for hydroxylation is 1. The molecule has 1 aromatic rings. The van der Waals surface area contributed by atoms with Crippen molar-refractivity contribution in [3.8, 4) is 0 Å². The van der Waals surface area contributed by atoms with Crippen LogP contribution in [0.25, 0.3) is 0 Å². The summed E-state index contributed by atoms with van der Waals surface area (Å²) in [6.07, 6.45) is 1.00. The summed E-state index contributed by atoms with van der Waals surface area (Å²) in [5.41, 5.74) is 1.78. The quantitative estimate of drug-likeness (QED) is 0.821. The maximum atomic E-state index is 13.6. The van der Waals surface area contributed by atoms with E-state index in [4.69, 9.17) is 0 Å². The highest BCUT2D eigenvalue weighted by molar-refractivity contribution is 5.29. The first-order valence-electron chi connectivity index (χ1n) is 6.37. The number of benzene rings is 1. The monoisotopic (exact) mass is 237 g/mol. The van der Waals surface area contributed by atoms with Crippen molar-refractivity contribution in [2.75, 3.05) is 6.54 Å². The van der Waals surface area contributed by atoms with Crippen molar-refractivity contribution in [3.63, 3.8) is 0 Å². The fourth-order valence-electron chi connectivity index (χ4n) is 2.32. The molecule has 0 saturated carbocycles. The van der Waals surface area contributed by atoms with E-state index in [9.17, 15) is 4.39 Å². The molecular formula is C15H24FN. The Morgan fingerprint density at radius 3 is 2.53 bits per heavy atom. The molecule has 0 aliphatic rings. The Labute approximate surface area is 104 Å². The summed E-state index contributed by atoms with van der Waals surface area (Å²) in [4.78, 5) is 0. The molecular weight excluding hydrogens is 213 g/mol. The van der Waals surface area contributed by atoms with Gasteiger partial charge in [-0.2, -0.15) is 0 Å². The Morgan fingerprint density at radius 1 is 1.35 bits per heavy atom. The minimum Gasteiger partial charge on any atom is -0.315 e. The number of nitrogens with one attached hydrogen (secondary N) is 1. The predicted molar refractivity (Wildman–Crippen MR) is 71.9 cm³/mol. The molecule has 0 fully saturated rings. The highest BCUT2D eigenvalue weighted by Gasteiger charge is 2.23. The predicted octanol–water partition coefficient (Wildman–Crippen LogP) is 3.80. The van der Waals surface area contributed by atoms with Crippen LogP contribution in [0.4, 0.5) is 4.39 Å². The number of rotatable bonds is 5. The lowest BCUT2D eigenvalue weighted by molar-refractivity contribution is 0.393. The smallest absolute Gasteiger partial charge is 0.126 e. The molecule has 17 heavy (non-hydrogen) atoms. The van der Waals surface area contributed by atoms with Crippen LogP contribution in [0.2, 0.25) is 0 Å². The zero-order valence-corrected chi connectivity index (χ0v) is 11.6. The van der Waals surface area contributed by atoms with Gasteiger partial charge in [0.1, 0.15) is 5.82 Å². The van der Waals surface area contributed by atoms with Gasteiger partial charge in [0, 0.05) is 6.04 Å². The van der Waals surface area contributed by atoms with Gasteiger partial charge in [-0.15, -0.1) is 0 Å². The third kappa shape index (κ3) is 3.81. The van der Waals surface area contributed by atoms with Crippen molar-refractivity contribution in [1.82, 2.24) is 5.32 Å². The summed E-state index contributed by atoms with van der Waals surface area (Å²) >= 11 is 0. The van der Waals surface area contributed by atoms with Gasteiger partial charge in [0.2, 0.25) is 0 Å². The van der Waals surface area contributed by atoms with E-state index in [1.54, 1.807) is 13.0 Å². The van der Waals surface area contributed by atoms with Crippen molar-refractivity contribution in [1.29, 1.82) is 0 Å². The molecule has 1 N–H and O–H groups in total. The molecule has 0 aromatic heterocycles. The standard InChI is InChI=1S/C15H24FN/c1-6-17-12(3)10-15(4,5)13-8-7-11(2)14(16)9-13/h7-9,12,17H,6,10H2,1-5H3. The van der Waals surface area contributed by atoms with Crippen molar-refractivity contribution in [2.24, 2.45) is 0 Å². The van der Waals surface area contributed by atoms with Crippen molar-refractivity contribution in [2.45, 2.75) is 52.5 Å². The molecule has 1 atom stereocenters. The van der Waals surface area contributed by atoms with E-state index in [0.717, 1.165) is 18.5 Å². The largest absolute Gasteiger partial charge is 0.315 e. The molecule has 96 valence electrons. The molecule has 0 radical (unpaired) electrons. The second kappa shape index (κ2) is 5.63. The van der Waals surface area contributed by atoms with Crippen LogP contribution in [0, 0.1) is 12.7 Å². The lowest BCUT2D eigenvalue weighted by atomic mass is 9.79. The normalized spacial score (nSPS) is 13.8. The topological polar surface area (TPSA) is 12.0 Å². The molecule has 2 heteroatoms. The van der Waals surface area contributed by atoms with E-state index >= 15 is 0 Å². The van der Waals surface area contributed by atoms with Gasteiger partial charge >= 0.3 is 0 Å². The SMILES string of the molecule is CCNC(C)CC(C)(C)c1ccc(C)c(F)c1. The van der Waals surface area contributed by atoms with Gasteiger partial charge in [0.25, 0.3) is 0 Å². The van der Waals surface area contributed by atoms with Gasteiger partial charge in [-0.1, -0.05) is 32.9 Å². The Bertz CT molecular complexity index is 371. The molecule has 0 aliphatic carbocycles. The van der Waals surface area contributed by atoms with E-state index in [0.29, 0.717) is 11.6 Å². The number of halogens is 1. The van der Waals surface area contributed by atoms with Crippen molar-refractivity contribution in [3.05, 3.63) is 35.1 Å². The Balaban J connectivity index is 2.84. The molecule has 1 aromatic carbocycles. The van der Waals surface area contributed by atoms with Crippen LogP contribution in [0.15, 0.2) is 18.2 Å². The molecule has 0 amide bonds.